The molecule has 3 aromatic rings. The van der Waals surface area contributed by atoms with E-state index in [1.807, 2.05) is 45.0 Å². The van der Waals surface area contributed by atoms with Gasteiger partial charge in [0, 0.05) is 23.1 Å². The Labute approximate surface area is 140 Å². The van der Waals surface area contributed by atoms with Crippen LogP contribution in [0.3, 0.4) is 0 Å². The van der Waals surface area contributed by atoms with E-state index in [4.69, 9.17) is 0 Å². The summed E-state index contributed by atoms with van der Waals surface area (Å²) in [6.07, 6.45) is 0. The van der Waals surface area contributed by atoms with Crippen molar-refractivity contribution in [1.29, 1.82) is 0 Å². The van der Waals surface area contributed by atoms with Crippen molar-refractivity contribution in [1.82, 2.24) is 9.97 Å². The number of rotatable bonds is 4. The molecule has 1 aromatic heterocycles. The summed E-state index contributed by atoms with van der Waals surface area (Å²) >= 11 is 0. The van der Waals surface area contributed by atoms with E-state index < -0.39 is 0 Å². The lowest BCUT2D eigenvalue weighted by Gasteiger charge is -2.13. The Hall–Kier alpha value is -2.95. The third-order valence-electron chi connectivity index (χ3n) is 3.69. The quantitative estimate of drug-likeness (QED) is 0.707. The fourth-order valence-electron chi connectivity index (χ4n) is 2.49. The van der Waals surface area contributed by atoms with Gasteiger partial charge in [-0.25, -0.2) is 9.37 Å². The zero-order valence-electron chi connectivity index (χ0n) is 13.9. The van der Waals surface area contributed by atoms with Crippen LogP contribution >= 0.6 is 0 Å². The van der Waals surface area contributed by atoms with Crippen molar-refractivity contribution >= 4 is 23.1 Å². The standard InChI is InChI=1S/C19H19FN4/c1-12-5-4-6-13(2)18(12)24-19-21-14(3)11-17(23-19)22-16-9-7-15(20)8-10-16/h4-11H,1-3H3,(H2,21,22,23,24). The monoisotopic (exact) mass is 322 g/mol. The van der Waals surface area contributed by atoms with Gasteiger partial charge in [0.05, 0.1) is 0 Å². The summed E-state index contributed by atoms with van der Waals surface area (Å²) in [5.41, 5.74) is 4.88. The van der Waals surface area contributed by atoms with Gasteiger partial charge in [0.15, 0.2) is 0 Å². The van der Waals surface area contributed by atoms with E-state index in [2.05, 4.69) is 20.6 Å². The topological polar surface area (TPSA) is 49.8 Å². The Morgan fingerprint density at radius 1 is 0.833 bits per heavy atom. The SMILES string of the molecule is Cc1cc(Nc2ccc(F)cc2)nc(Nc2c(C)cccc2C)n1. The molecular weight excluding hydrogens is 303 g/mol. The smallest absolute Gasteiger partial charge is 0.229 e. The minimum atomic E-state index is -0.267. The van der Waals surface area contributed by atoms with Crippen molar-refractivity contribution < 1.29 is 4.39 Å². The Morgan fingerprint density at radius 2 is 1.50 bits per heavy atom. The molecule has 0 amide bonds. The first-order valence-corrected chi connectivity index (χ1v) is 7.73. The number of para-hydroxylation sites is 1. The molecule has 0 fully saturated rings. The highest BCUT2D eigenvalue weighted by molar-refractivity contribution is 5.64. The van der Waals surface area contributed by atoms with Gasteiger partial charge < -0.3 is 10.6 Å². The molecule has 0 radical (unpaired) electrons. The number of hydrogen-bond acceptors (Lipinski definition) is 4. The fourth-order valence-corrected chi connectivity index (χ4v) is 2.49. The molecule has 5 heteroatoms. The second kappa shape index (κ2) is 6.66. The molecule has 0 spiro atoms. The van der Waals surface area contributed by atoms with Gasteiger partial charge >= 0.3 is 0 Å². The Balaban J connectivity index is 1.87. The lowest BCUT2D eigenvalue weighted by Crippen LogP contribution is -2.04. The second-order valence-corrected chi connectivity index (χ2v) is 5.74. The van der Waals surface area contributed by atoms with Crippen molar-refractivity contribution in [2.75, 3.05) is 10.6 Å². The molecule has 0 aliphatic rings. The van der Waals surface area contributed by atoms with Crippen LogP contribution in [0.25, 0.3) is 0 Å². The molecule has 0 atom stereocenters. The Morgan fingerprint density at radius 3 is 2.17 bits per heavy atom. The molecule has 0 bridgehead atoms. The molecule has 0 unspecified atom stereocenters. The number of nitrogens with one attached hydrogen (secondary N) is 2. The number of halogens is 1. The molecule has 0 aliphatic carbocycles. The van der Waals surface area contributed by atoms with Crippen LogP contribution in [0.1, 0.15) is 16.8 Å². The molecule has 0 aliphatic heterocycles. The van der Waals surface area contributed by atoms with Crippen LogP contribution in [0.2, 0.25) is 0 Å². The van der Waals surface area contributed by atoms with Gasteiger partial charge in [-0.2, -0.15) is 4.98 Å². The van der Waals surface area contributed by atoms with Gasteiger partial charge in [-0.1, -0.05) is 18.2 Å². The number of benzene rings is 2. The summed E-state index contributed by atoms with van der Waals surface area (Å²) in [4.78, 5) is 8.95. The van der Waals surface area contributed by atoms with Gasteiger partial charge in [0.2, 0.25) is 5.95 Å². The predicted molar refractivity (Wildman–Crippen MR) is 95.7 cm³/mol. The summed E-state index contributed by atoms with van der Waals surface area (Å²) in [6.45, 7) is 6.00. The average Bonchev–Trinajstić information content (AvgIpc) is 2.53. The summed E-state index contributed by atoms with van der Waals surface area (Å²) in [5.74, 6) is 0.914. The summed E-state index contributed by atoms with van der Waals surface area (Å²) in [5, 5.41) is 6.46. The van der Waals surface area contributed by atoms with Gasteiger partial charge in [0.1, 0.15) is 11.6 Å². The number of aryl methyl sites for hydroxylation is 3. The van der Waals surface area contributed by atoms with E-state index in [1.165, 1.54) is 12.1 Å². The van der Waals surface area contributed by atoms with Crippen LogP contribution < -0.4 is 10.6 Å². The van der Waals surface area contributed by atoms with Crippen LogP contribution in [-0.2, 0) is 0 Å². The highest BCUT2D eigenvalue weighted by Crippen LogP contribution is 2.24. The first kappa shape index (κ1) is 15.9. The van der Waals surface area contributed by atoms with Gasteiger partial charge in [-0.05, 0) is 56.2 Å². The van der Waals surface area contributed by atoms with E-state index in [9.17, 15) is 4.39 Å². The van der Waals surface area contributed by atoms with Crippen molar-refractivity contribution in [3.63, 3.8) is 0 Å². The molecular formula is C19H19FN4. The average molecular weight is 322 g/mol. The van der Waals surface area contributed by atoms with E-state index in [-0.39, 0.29) is 5.82 Å². The van der Waals surface area contributed by atoms with Crippen LogP contribution in [0.15, 0.2) is 48.5 Å². The largest absolute Gasteiger partial charge is 0.340 e. The first-order valence-electron chi connectivity index (χ1n) is 7.73. The molecule has 2 N–H and O–H groups in total. The summed E-state index contributed by atoms with van der Waals surface area (Å²) in [7, 11) is 0. The molecule has 4 nitrogen and oxygen atoms in total. The van der Waals surface area contributed by atoms with Crippen molar-refractivity contribution in [2.45, 2.75) is 20.8 Å². The molecule has 122 valence electrons. The maximum absolute atomic E-state index is 13.0. The maximum atomic E-state index is 13.0. The number of hydrogen-bond donors (Lipinski definition) is 2. The van der Waals surface area contributed by atoms with E-state index in [1.54, 1.807) is 12.1 Å². The molecule has 0 saturated carbocycles. The molecule has 3 rings (SSSR count). The van der Waals surface area contributed by atoms with E-state index in [0.29, 0.717) is 11.8 Å². The van der Waals surface area contributed by atoms with E-state index in [0.717, 1.165) is 28.2 Å². The Bertz CT molecular complexity index is 839. The lowest BCUT2D eigenvalue weighted by molar-refractivity contribution is 0.628. The predicted octanol–water partition coefficient (Wildman–Crippen LogP) is 5.03. The van der Waals surface area contributed by atoms with Gasteiger partial charge in [0.25, 0.3) is 0 Å². The number of aromatic nitrogens is 2. The van der Waals surface area contributed by atoms with Crippen LogP contribution in [0, 0.1) is 26.6 Å². The van der Waals surface area contributed by atoms with Crippen LogP contribution in [-0.4, -0.2) is 9.97 Å². The van der Waals surface area contributed by atoms with E-state index >= 15 is 0 Å². The highest BCUT2D eigenvalue weighted by Gasteiger charge is 2.07. The van der Waals surface area contributed by atoms with Gasteiger partial charge in [-0.15, -0.1) is 0 Å². The third kappa shape index (κ3) is 3.68. The van der Waals surface area contributed by atoms with Crippen LogP contribution in [0.4, 0.5) is 27.5 Å². The third-order valence-corrected chi connectivity index (χ3v) is 3.69. The highest BCUT2D eigenvalue weighted by atomic mass is 19.1. The molecule has 24 heavy (non-hydrogen) atoms. The molecule has 2 aromatic carbocycles. The first-order chi connectivity index (χ1) is 11.5. The lowest BCUT2D eigenvalue weighted by atomic mass is 10.1. The van der Waals surface area contributed by atoms with Gasteiger partial charge in [-0.3, -0.25) is 0 Å². The molecule has 0 saturated heterocycles. The maximum Gasteiger partial charge on any atom is 0.229 e. The zero-order chi connectivity index (χ0) is 17.1. The van der Waals surface area contributed by atoms with Crippen molar-refractivity contribution in [3.05, 3.63) is 71.2 Å². The van der Waals surface area contributed by atoms with Crippen molar-refractivity contribution in [2.24, 2.45) is 0 Å². The Kier molecular flexibility index (Phi) is 4.42. The minimum Gasteiger partial charge on any atom is -0.340 e. The second-order valence-electron chi connectivity index (χ2n) is 5.74. The minimum absolute atomic E-state index is 0.267. The normalized spacial score (nSPS) is 10.5. The zero-order valence-corrected chi connectivity index (χ0v) is 13.9. The summed E-state index contributed by atoms with van der Waals surface area (Å²) < 4.78 is 13.0. The summed E-state index contributed by atoms with van der Waals surface area (Å²) in [6, 6.07) is 14.1. The molecule has 1 heterocycles. The number of nitrogens with zero attached hydrogens (tertiary/aromatic N) is 2. The van der Waals surface area contributed by atoms with Crippen LogP contribution in [0.5, 0.6) is 0 Å². The fraction of sp³-hybridized carbons (Fsp3) is 0.158. The van der Waals surface area contributed by atoms with Crippen molar-refractivity contribution in [3.8, 4) is 0 Å². The number of anilines is 4.